The fraction of sp³-hybridized carbons (Fsp3) is 0.515. The summed E-state index contributed by atoms with van der Waals surface area (Å²) in [6.45, 7) is 17.6. The van der Waals surface area contributed by atoms with Crippen molar-refractivity contribution in [3.05, 3.63) is 66.3 Å². The van der Waals surface area contributed by atoms with Gasteiger partial charge in [0, 0.05) is 13.5 Å². The molecule has 9 nitrogen and oxygen atoms in total. The van der Waals surface area contributed by atoms with E-state index in [1.165, 1.54) is 50.3 Å². The maximum atomic E-state index is 9.76. The molecule has 244 valence electrons. The number of nitrogens with zero attached hydrogens (tertiary/aromatic N) is 1. The van der Waals surface area contributed by atoms with E-state index >= 15 is 0 Å². The molecule has 0 aromatic heterocycles. The van der Waals surface area contributed by atoms with E-state index in [0.717, 1.165) is 18.4 Å². The fourth-order valence-electron chi connectivity index (χ4n) is 2.05. The van der Waals surface area contributed by atoms with Gasteiger partial charge >= 0.3 is 5.97 Å². The van der Waals surface area contributed by atoms with Gasteiger partial charge in [-0.25, -0.2) is 0 Å². The maximum Gasteiger partial charge on any atom is 0.303 e. The highest BCUT2D eigenvalue weighted by Crippen LogP contribution is 2.13. The molecule has 0 aliphatic heterocycles. The number of amides is 1. The number of carboxylic acids is 1. The molecule has 1 aromatic carbocycles. The summed E-state index contributed by atoms with van der Waals surface area (Å²) in [5.41, 5.74) is 12.7. The number of hydrogen-bond donors (Lipinski definition) is 5. The molecule has 1 aromatic rings. The largest absolute Gasteiger partial charge is 0.481 e. The van der Waals surface area contributed by atoms with Crippen molar-refractivity contribution in [2.75, 3.05) is 34.2 Å². The third-order valence-electron chi connectivity index (χ3n) is 4.36. The van der Waals surface area contributed by atoms with Gasteiger partial charge in [-0.15, -0.1) is 0 Å². The number of aliphatic carboxylic acids is 1. The lowest BCUT2D eigenvalue weighted by molar-refractivity contribution is -0.137. The molecule has 0 saturated carbocycles. The highest BCUT2D eigenvalue weighted by atomic mass is 16.4. The molecule has 0 radical (unpaired) electrons. The van der Waals surface area contributed by atoms with Crippen LogP contribution in [0.4, 0.5) is 0 Å². The van der Waals surface area contributed by atoms with E-state index < -0.39 is 5.97 Å². The first-order valence-corrected chi connectivity index (χ1v) is 14.5. The Bertz CT molecular complexity index is 749. The fourth-order valence-corrected chi connectivity index (χ4v) is 2.05. The highest BCUT2D eigenvalue weighted by molar-refractivity contribution is 5.72. The van der Waals surface area contributed by atoms with Crippen molar-refractivity contribution in [2.45, 2.75) is 80.1 Å². The Morgan fingerprint density at radius 2 is 1.55 bits per heavy atom. The summed E-state index contributed by atoms with van der Waals surface area (Å²) in [5, 5.41) is 13.3. The average Bonchev–Trinajstić information content (AvgIpc) is 3.05. The van der Waals surface area contributed by atoms with E-state index in [1.807, 2.05) is 59.0 Å². The normalized spacial score (nSPS) is 9.14. The zero-order valence-corrected chi connectivity index (χ0v) is 28.0. The number of allylic oxidation sites excluding steroid dienone is 5. The molecule has 0 saturated heterocycles. The number of carboxylic acid groups (broad SMARTS) is 1. The molecular weight excluding hydrogens is 530 g/mol. The van der Waals surface area contributed by atoms with Gasteiger partial charge < -0.3 is 32.0 Å². The van der Waals surface area contributed by atoms with Crippen LogP contribution >= 0.6 is 0 Å². The third-order valence-corrected chi connectivity index (χ3v) is 4.36. The average molecular weight is 594 g/mol. The van der Waals surface area contributed by atoms with Crippen molar-refractivity contribution < 1.29 is 19.5 Å². The Morgan fingerprint density at radius 1 is 1.02 bits per heavy atom. The van der Waals surface area contributed by atoms with Gasteiger partial charge in [-0.2, -0.15) is 0 Å². The number of hydrogen-bond acceptors (Lipinski definition) is 6. The molecule has 7 N–H and O–H groups in total. The number of aliphatic imine (C=N–C) groups is 1. The maximum absolute atomic E-state index is 9.76. The molecular formula is C33H63N5O4. The predicted octanol–water partition coefficient (Wildman–Crippen LogP) is 6.02. The van der Waals surface area contributed by atoms with Crippen LogP contribution in [0.5, 0.6) is 0 Å². The smallest absolute Gasteiger partial charge is 0.303 e. The summed E-state index contributed by atoms with van der Waals surface area (Å²) in [4.78, 5) is 31.8. The van der Waals surface area contributed by atoms with Gasteiger partial charge in [0.25, 0.3) is 0 Å². The second-order valence-electron chi connectivity index (χ2n) is 7.67. The van der Waals surface area contributed by atoms with Crippen LogP contribution in [-0.2, 0) is 14.4 Å². The molecule has 1 amide bonds. The van der Waals surface area contributed by atoms with Crippen molar-refractivity contribution in [3.8, 4) is 0 Å². The van der Waals surface area contributed by atoms with Crippen LogP contribution in [0.1, 0.15) is 85.6 Å². The predicted molar refractivity (Wildman–Crippen MR) is 185 cm³/mol. The molecule has 42 heavy (non-hydrogen) atoms. The monoisotopic (exact) mass is 593 g/mol. The summed E-state index contributed by atoms with van der Waals surface area (Å²) in [6, 6.07) is 10.2. The van der Waals surface area contributed by atoms with E-state index in [1.54, 1.807) is 7.05 Å². The number of benzene rings is 1. The first-order valence-electron chi connectivity index (χ1n) is 14.5. The Labute approximate surface area is 257 Å². The van der Waals surface area contributed by atoms with E-state index in [9.17, 15) is 14.4 Å². The van der Waals surface area contributed by atoms with Crippen LogP contribution in [0.3, 0.4) is 0 Å². The van der Waals surface area contributed by atoms with Crippen molar-refractivity contribution >= 4 is 30.6 Å². The Morgan fingerprint density at radius 3 is 1.86 bits per heavy atom. The standard InChI is InChI=1S/C14H16.C6H15N.C5H10O2.C3H5NO2.C2H6N2.C2H6.CH5N/c1-4-12(2)10-11-13(3)14-8-6-5-7-9-14;1-3-4-5-6-7-2;1-2-3-4-5(6)7;5-2-1-4-3-6;1-4-2-3;2*1-2/h4-11H,3H2,1-2H3;7H,3-6H2,1-2H3;2-4H2,1H3,(H,6,7);2-3H,1H2,(H,4,6);2H,1H3,(H2,3,4);1-2H3;2H2,1H3/b11-10-,12-4-;;;;;;. The molecule has 9 heteroatoms. The minimum Gasteiger partial charge on any atom is -0.481 e. The molecule has 1 rings (SSSR count). The Hall–Kier alpha value is -3.56. The molecule has 0 fully saturated rings. The number of nitrogens with one attached hydrogen (secondary N) is 2. The van der Waals surface area contributed by atoms with Crippen LogP contribution < -0.4 is 22.1 Å². The Kier molecular flexibility index (Phi) is 65.4. The number of unbranched alkanes of at least 4 members (excludes halogenated alkanes) is 3. The number of aldehydes is 1. The molecule has 0 spiro atoms. The van der Waals surface area contributed by atoms with Crippen LogP contribution in [0, 0.1) is 0 Å². The minimum absolute atomic E-state index is 0.115. The molecule has 0 atom stereocenters. The lowest BCUT2D eigenvalue weighted by atomic mass is 10.1. The van der Waals surface area contributed by atoms with Gasteiger partial charge in [0.2, 0.25) is 6.41 Å². The zero-order chi connectivity index (χ0) is 33.9. The van der Waals surface area contributed by atoms with Gasteiger partial charge in [0.1, 0.15) is 6.29 Å². The van der Waals surface area contributed by atoms with Gasteiger partial charge in [-0.05, 0) is 58.5 Å². The molecule has 0 bridgehead atoms. The van der Waals surface area contributed by atoms with Crippen LogP contribution in [0.25, 0.3) is 5.57 Å². The topological polar surface area (TPSA) is 160 Å². The summed E-state index contributed by atoms with van der Waals surface area (Å²) in [6.07, 6.45) is 14.6. The number of rotatable bonds is 13. The third kappa shape index (κ3) is 60.8. The zero-order valence-electron chi connectivity index (χ0n) is 28.0. The molecule has 0 aliphatic carbocycles. The first-order chi connectivity index (χ1) is 20.2. The van der Waals surface area contributed by atoms with Crippen LogP contribution in [0.2, 0.25) is 0 Å². The van der Waals surface area contributed by atoms with E-state index in [-0.39, 0.29) is 6.54 Å². The number of carbonyl (C=O) groups excluding carboxylic acids is 2. The van der Waals surface area contributed by atoms with E-state index in [0.29, 0.717) is 19.1 Å². The quantitative estimate of drug-likeness (QED) is 0.0615. The van der Waals surface area contributed by atoms with Gasteiger partial charge in [0.15, 0.2) is 0 Å². The van der Waals surface area contributed by atoms with E-state index in [4.69, 9.17) is 10.8 Å². The van der Waals surface area contributed by atoms with Crippen molar-refractivity contribution in [1.29, 1.82) is 0 Å². The molecule has 0 heterocycles. The van der Waals surface area contributed by atoms with Crippen LogP contribution in [0.15, 0.2) is 65.7 Å². The molecule has 0 unspecified atom stereocenters. The van der Waals surface area contributed by atoms with E-state index in [2.05, 4.69) is 66.1 Å². The van der Waals surface area contributed by atoms with Gasteiger partial charge in [0.05, 0.1) is 12.9 Å². The van der Waals surface area contributed by atoms with Gasteiger partial charge in [-0.1, -0.05) is 108 Å². The number of nitrogens with two attached hydrogens (primary N) is 2. The summed E-state index contributed by atoms with van der Waals surface area (Å²) < 4.78 is 0. The lowest BCUT2D eigenvalue weighted by Crippen LogP contribution is -2.12. The molecule has 0 aliphatic rings. The summed E-state index contributed by atoms with van der Waals surface area (Å²) in [7, 11) is 5.12. The van der Waals surface area contributed by atoms with Gasteiger partial charge in [-0.3, -0.25) is 14.6 Å². The van der Waals surface area contributed by atoms with Crippen LogP contribution in [-0.4, -0.2) is 64.3 Å². The second-order valence-corrected chi connectivity index (χ2v) is 7.67. The second kappa shape index (κ2) is 53.7. The Balaban J connectivity index is -0.0000001000. The number of carbonyl (C=O) groups is 3. The van der Waals surface area contributed by atoms with Crippen molar-refractivity contribution in [1.82, 2.24) is 10.6 Å². The highest BCUT2D eigenvalue weighted by Gasteiger charge is 1.92. The minimum atomic E-state index is -0.693. The van der Waals surface area contributed by atoms with Crippen molar-refractivity contribution in [3.63, 3.8) is 0 Å². The lowest BCUT2D eigenvalue weighted by Gasteiger charge is -1.98. The summed E-state index contributed by atoms with van der Waals surface area (Å²) in [5.74, 6) is -0.693. The summed E-state index contributed by atoms with van der Waals surface area (Å²) >= 11 is 0. The first kappa shape index (κ1) is 51.2. The van der Waals surface area contributed by atoms with Crippen molar-refractivity contribution in [2.24, 2.45) is 16.5 Å². The SMILES string of the molecule is C=C(/C=C\C(C)=C/C)c1ccccc1.CC.CCCCC(=O)O.CCCCCNC.CN.CN=CN.O=CCNC=O.